The summed E-state index contributed by atoms with van der Waals surface area (Å²) in [5.41, 5.74) is 0.902. The number of benzene rings is 1. The molecule has 0 bridgehead atoms. The predicted molar refractivity (Wildman–Crippen MR) is 68.1 cm³/mol. The maximum Gasteiger partial charge on any atom is 0.187 e. The second-order valence-electron chi connectivity index (χ2n) is 4.87. The standard InChI is InChI=1S/C14H17FN2O/c15-12-3-1-2-11(8-12)13-9-18-14(17-13)10-4-6-16-7-5-10/h1-3,8,10,13,16H,4-7,9H2. The second kappa shape index (κ2) is 5.06. The Hall–Kier alpha value is -1.42. The number of ether oxygens (including phenoxy) is 1. The topological polar surface area (TPSA) is 33.6 Å². The Morgan fingerprint density at radius 2 is 2.11 bits per heavy atom. The first-order valence-corrected chi connectivity index (χ1v) is 6.49. The maximum atomic E-state index is 13.2. The van der Waals surface area contributed by atoms with Crippen LogP contribution in [-0.2, 0) is 4.74 Å². The molecule has 0 aromatic heterocycles. The molecule has 0 amide bonds. The Morgan fingerprint density at radius 1 is 1.28 bits per heavy atom. The summed E-state index contributed by atoms with van der Waals surface area (Å²) in [6, 6.07) is 6.60. The van der Waals surface area contributed by atoms with E-state index in [9.17, 15) is 4.39 Å². The third kappa shape index (κ3) is 2.38. The van der Waals surface area contributed by atoms with Crippen LogP contribution in [0.5, 0.6) is 0 Å². The molecule has 3 nitrogen and oxygen atoms in total. The van der Waals surface area contributed by atoms with Gasteiger partial charge in [0.1, 0.15) is 18.5 Å². The first kappa shape index (κ1) is 11.7. The fraction of sp³-hybridized carbons (Fsp3) is 0.500. The van der Waals surface area contributed by atoms with Crippen molar-refractivity contribution in [2.75, 3.05) is 19.7 Å². The lowest BCUT2D eigenvalue weighted by molar-refractivity contribution is 0.285. The van der Waals surface area contributed by atoms with E-state index in [2.05, 4.69) is 10.3 Å². The Kier molecular flexibility index (Phi) is 3.28. The van der Waals surface area contributed by atoms with Crippen LogP contribution in [0.1, 0.15) is 24.4 Å². The molecule has 1 fully saturated rings. The number of rotatable bonds is 2. The average molecular weight is 248 g/mol. The highest BCUT2D eigenvalue weighted by Gasteiger charge is 2.27. The monoisotopic (exact) mass is 248 g/mol. The second-order valence-corrected chi connectivity index (χ2v) is 4.87. The van der Waals surface area contributed by atoms with E-state index in [1.54, 1.807) is 12.1 Å². The molecular weight excluding hydrogens is 231 g/mol. The van der Waals surface area contributed by atoms with Gasteiger partial charge in [-0.05, 0) is 43.6 Å². The molecule has 2 heterocycles. The van der Waals surface area contributed by atoms with Crippen LogP contribution in [0.4, 0.5) is 4.39 Å². The van der Waals surface area contributed by atoms with Gasteiger partial charge in [0.15, 0.2) is 5.90 Å². The van der Waals surface area contributed by atoms with Crippen molar-refractivity contribution in [2.45, 2.75) is 18.9 Å². The van der Waals surface area contributed by atoms with Gasteiger partial charge in [0.25, 0.3) is 0 Å². The van der Waals surface area contributed by atoms with E-state index in [4.69, 9.17) is 4.74 Å². The average Bonchev–Trinajstić information content (AvgIpc) is 2.89. The zero-order valence-electron chi connectivity index (χ0n) is 10.2. The van der Waals surface area contributed by atoms with Gasteiger partial charge in [-0.1, -0.05) is 12.1 Å². The molecule has 2 aliphatic heterocycles. The first-order chi connectivity index (χ1) is 8.83. The lowest BCUT2D eigenvalue weighted by Gasteiger charge is -2.21. The van der Waals surface area contributed by atoms with Crippen molar-refractivity contribution in [1.82, 2.24) is 5.32 Å². The number of hydrogen-bond donors (Lipinski definition) is 1. The number of halogens is 1. The summed E-state index contributed by atoms with van der Waals surface area (Å²) >= 11 is 0. The van der Waals surface area contributed by atoms with Gasteiger partial charge in [0, 0.05) is 5.92 Å². The molecule has 2 aliphatic rings. The molecule has 1 saturated heterocycles. The first-order valence-electron chi connectivity index (χ1n) is 6.49. The molecule has 3 rings (SSSR count). The van der Waals surface area contributed by atoms with E-state index in [0.717, 1.165) is 37.4 Å². The third-order valence-corrected chi connectivity index (χ3v) is 3.59. The Balaban J connectivity index is 1.74. The van der Waals surface area contributed by atoms with Crippen LogP contribution in [0, 0.1) is 11.7 Å². The zero-order valence-corrected chi connectivity index (χ0v) is 10.2. The quantitative estimate of drug-likeness (QED) is 0.871. The predicted octanol–water partition coefficient (Wildman–Crippen LogP) is 2.30. The fourth-order valence-corrected chi connectivity index (χ4v) is 2.57. The van der Waals surface area contributed by atoms with Gasteiger partial charge in [-0.25, -0.2) is 9.38 Å². The molecular formula is C14H17FN2O. The van der Waals surface area contributed by atoms with Crippen molar-refractivity contribution < 1.29 is 9.13 Å². The lowest BCUT2D eigenvalue weighted by Crippen LogP contribution is -2.31. The van der Waals surface area contributed by atoms with Crippen molar-refractivity contribution in [2.24, 2.45) is 10.9 Å². The van der Waals surface area contributed by atoms with Crippen molar-refractivity contribution in [3.05, 3.63) is 35.6 Å². The largest absolute Gasteiger partial charge is 0.478 e. The summed E-state index contributed by atoms with van der Waals surface area (Å²) in [6.45, 7) is 2.60. The minimum absolute atomic E-state index is 0.0365. The summed E-state index contributed by atoms with van der Waals surface area (Å²) in [5, 5.41) is 3.33. The van der Waals surface area contributed by atoms with Gasteiger partial charge < -0.3 is 10.1 Å². The van der Waals surface area contributed by atoms with E-state index in [0.29, 0.717) is 12.5 Å². The Morgan fingerprint density at radius 3 is 2.89 bits per heavy atom. The molecule has 4 heteroatoms. The summed E-state index contributed by atoms with van der Waals surface area (Å²) in [7, 11) is 0. The molecule has 0 radical (unpaired) electrons. The maximum absolute atomic E-state index is 13.2. The van der Waals surface area contributed by atoms with Crippen LogP contribution in [0.15, 0.2) is 29.3 Å². The smallest absolute Gasteiger partial charge is 0.187 e. The van der Waals surface area contributed by atoms with Crippen LogP contribution in [0.25, 0.3) is 0 Å². The normalized spacial score (nSPS) is 24.7. The Bertz CT molecular complexity index is 455. The van der Waals surface area contributed by atoms with Crippen LogP contribution < -0.4 is 5.32 Å². The van der Waals surface area contributed by atoms with E-state index in [-0.39, 0.29) is 11.9 Å². The number of hydrogen-bond acceptors (Lipinski definition) is 3. The van der Waals surface area contributed by atoms with Gasteiger partial charge in [-0.2, -0.15) is 0 Å². The van der Waals surface area contributed by atoms with Crippen LogP contribution >= 0.6 is 0 Å². The van der Waals surface area contributed by atoms with Gasteiger partial charge >= 0.3 is 0 Å². The summed E-state index contributed by atoms with van der Waals surface area (Å²) in [4.78, 5) is 4.62. The van der Waals surface area contributed by atoms with Crippen molar-refractivity contribution in [1.29, 1.82) is 0 Å². The number of nitrogens with zero attached hydrogens (tertiary/aromatic N) is 1. The van der Waals surface area contributed by atoms with Crippen LogP contribution in [-0.4, -0.2) is 25.6 Å². The van der Waals surface area contributed by atoms with Crippen LogP contribution in [0.2, 0.25) is 0 Å². The summed E-state index contributed by atoms with van der Waals surface area (Å²) in [6.07, 6.45) is 2.16. The highest BCUT2D eigenvalue weighted by molar-refractivity contribution is 5.80. The van der Waals surface area contributed by atoms with Gasteiger partial charge in [0.2, 0.25) is 0 Å². The molecule has 18 heavy (non-hydrogen) atoms. The Labute approximate surface area is 106 Å². The van der Waals surface area contributed by atoms with E-state index < -0.39 is 0 Å². The minimum Gasteiger partial charge on any atom is -0.478 e. The molecule has 0 saturated carbocycles. The molecule has 1 atom stereocenters. The molecule has 0 aliphatic carbocycles. The number of aliphatic imine (C=N–C) groups is 1. The van der Waals surface area contributed by atoms with Crippen molar-refractivity contribution in [3.63, 3.8) is 0 Å². The molecule has 1 unspecified atom stereocenters. The molecule has 1 aromatic rings. The molecule has 1 aromatic carbocycles. The minimum atomic E-state index is -0.210. The number of nitrogens with one attached hydrogen (secondary N) is 1. The van der Waals surface area contributed by atoms with Gasteiger partial charge in [-0.3, -0.25) is 0 Å². The highest BCUT2D eigenvalue weighted by Crippen LogP contribution is 2.28. The van der Waals surface area contributed by atoms with Gasteiger partial charge in [0.05, 0.1) is 0 Å². The van der Waals surface area contributed by atoms with E-state index in [1.165, 1.54) is 6.07 Å². The highest BCUT2D eigenvalue weighted by atomic mass is 19.1. The third-order valence-electron chi connectivity index (χ3n) is 3.59. The SMILES string of the molecule is Fc1cccc(C2COC(C3CCNCC3)=N2)c1. The molecule has 0 spiro atoms. The van der Waals surface area contributed by atoms with Crippen molar-refractivity contribution in [3.8, 4) is 0 Å². The van der Waals surface area contributed by atoms with Crippen molar-refractivity contribution >= 4 is 5.90 Å². The van der Waals surface area contributed by atoms with E-state index >= 15 is 0 Å². The zero-order chi connectivity index (χ0) is 12.4. The summed E-state index contributed by atoms with van der Waals surface area (Å²) in [5.74, 6) is 1.09. The van der Waals surface area contributed by atoms with Crippen LogP contribution in [0.3, 0.4) is 0 Å². The molecule has 96 valence electrons. The summed E-state index contributed by atoms with van der Waals surface area (Å²) < 4.78 is 18.9. The van der Waals surface area contributed by atoms with Gasteiger partial charge in [-0.15, -0.1) is 0 Å². The lowest BCUT2D eigenvalue weighted by atomic mass is 9.98. The van der Waals surface area contributed by atoms with E-state index in [1.807, 2.05) is 6.07 Å². The molecule has 1 N–H and O–H groups in total. The fourth-order valence-electron chi connectivity index (χ4n) is 2.57. The number of piperidine rings is 1.